The Balaban J connectivity index is 4.57. The van der Waals surface area contributed by atoms with Gasteiger partial charge < -0.3 is 0 Å². The summed E-state index contributed by atoms with van der Waals surface area (Å²) in [5.74, 6) is 1.81. The van der Waals surface area contributed by atoms with Crippen LogP contribution in [-0.4, -0.2) is 31.3 Å². The monoisotopic (exact) mass is 371 g/mol. The van der Waals surface area contributed by atoms with Crippen molar-refractivity contribution in [3.8, 4) is 0 Å². The van der Waals surface area contributed by atoms with Crippen LogP contribution in [-0.2, 0) is 0 Å². The summed E-state index contributed by atoms with van der Waals surface area (Å²) in [7, 11) is 0. The summed E-state index contributed by atoms with van der Waals surface area (Å²) in [6.45, 7) is 16.6. The van der Waals surface area contributed by atoms with E-state index in [-0.39, 0.29) is 0 Å². The van der Waals surface area contributed by atoms with Gasteiger partial charge in [-0.3, -0.25) is 0 Å². The van der Waals surface area contributed by atoms with Gasteiger partial charge in [0.05, 0.1) is 0 Å². The third-order valence-electron chi connectivity index (χ3n) is 3.78. The Morgan fingerprint density at radius 2 is 1.37 bits per heavy atom. The summed E-state index contributed by atoms with van der Waals surface area (Å²) in [6.07, 6.45) is 5.65. The van der Waals surface area contributed by atoms with Crippen molar-refractivity contribution in [1.82, 2.24) is 5.32 Å². The molecule has 0 amide bonds. The van der Waals surface area contributed by atoms with Gasteiger partial charge in [0.2, 0.25) is 0 Å². The van der Waals surface area contributed by atoms with E-state index in [4.69, 9.17) is 0 Å². The quantitative estimate of drug-likeness (QED) is 0.488. The first-order valence-electron chi connectivity index (χ1n) is 8.62. The van der Waals surface area contributed by atoms with Crippen LogP contribution in [0.2, 0.25) is 8.35 Å². The summed E-state index contributed by atoms with van der Waals surface area (Å²) in [4.78, 5) is 0. The van der Waals surface area contributed by atoms with Crippen LogP contribution in [0.15, 0.2) is 0 Å². The minimum absolute atomic E-state index is 0.658. The van der Waals surface area contributed by atoms with Crippen LogP contribution in [0.1, 0.15) is 74.1 Å². The maximum atomic E-state index is 3.94. The van der Waals surface area contributed by atoms with Gasteiger partial charge in [0.1, 0.15) is 0 Å². The van der Waals surface area contributed by atoms with Crippen LogP contribution in [0.5, 0.6) is 0 Å². The molecule has 0 radical (unpaired) electrons. The fourth-order valence-electron chi connectivity index (χ4n) is 3.13. The Morgan fingerprint density at radius 1 is 0.842 bits per heavy atom. The third kappa shape index (κ3) is 11.2. The second-order valence-electron chi connectivity index (χ2n) is 7.44. The number of hydrogen-bond acceptors (Lipinski definition) is 1. The molecule has 0 aliphatic rings. The molecule has 0 heterocycles. The number of rotatable bonds is 11. The first-order valence-corrected chi connectivity index (χ1v) is 15.2. The molecule has 114 valence electrons. The number of nitrogens with one attached hydrogen (secondary N) is 1. The zero-order chi connectivity index (χ0) is 14.8. The van der Waals surface area contributed by atoms with Crippen molar-refractivity contribution in [2.75, 3.05) is 0 Å². The molecular formula is C17H38InN. The van der Waals surface area contributed by atoms with E-state index in [2.05, 4.69) is 53.8 Å². The minimum atomic E-state index is -1.45. The molecule has 2 heteroatoms. The summed E-state index contributed by atoms with van der Waals surface area (Å²) in [5.41, 5.74) is 0. The Labute approximate surface area is 130 Å². The molecule has 0 aromatic carbocycles. The third-order valence-corrected chi connectivity index (χ3v) is 17.4. The van der Waals surface area contributed by atoms with Gasteiger partial charge in [0, 0.05) is 0 Å². The van der Waals surface area contributed by atoms with Crippen LogP contribution in [0.25, 0.3) is 0 Å². The maximum absolute atomic E-state index is 3.94. The van der Waals surface area contributed by atoms with E-state index in [1.807, 2.05) is 0 Å². The second-order valence-corrected chi connectivity index (χ2v) is 16.8. The summed E-state index contributed by atoms with van der Waals surface area (Å²) < 4.78 is 4.09. The van der Waals surface area contributed by atoms with Gasteiger partial charge in [0.25, 0.3) is 0 Å². The van der Waals surface area contributed by atoms with Crippen molar-refractivity contribution in [3.63, 3.8) is 0 Å². The molecule has 0 aromatic heterocycles. The Morgan fingerprint density at radius 3 is 1.74 bits per heavy atom. The Kier molecular flexibility index (Phi) is 12.0. The zero-order valence-corrected chi connectivity index (χ0v) is 17.9. The molecule has 0 rings (SSSR count). The van der Waals surface area contributed by atoms with Gasteiger partial charge in [-0.25, -0.2) is 0 Å². The van der Waals surface area contributed by atoms with Crippen molar-refractivity contribution >= 4 is 21.4 Å². The predicted molar refractivity (Wildman–Crippen MR) is 91.2 cm³/mol. The van der Waals surface area contributed by atoms with E-state index in [1.54, 1.807) is 8.35 Å². The Hall–Kier alpha value is 0.830. The first kappa shape index (κ1) is 19.8. The van der Waals surface area contributed by atoms with Gasteiger partial charge in [-0.2, -0.15) is 0 Å². The molecule has 1 atom stereocenters. The predicted octanol–water partition coefficient (Wildman–Crippen LogP) is 5.28. The fraction of sp³-hybridized carbons (Fsp3) is 1.00. The normalized spacial score (nSPS) is 13.6. The van der Waals surface area contributed by atoms with Gasteiger partial charge in [-0.1, -0.05) is 0 Å². The molecule has 0 saturated heterocycles. The van der Waals surface area contributed by atoms with E-state index < -0.39 is 21.4 Å². The van der Waals surface area contributed by atoms with Crippen molar-refractivity contribution in [3.05, 3.63) is 0 Å². The molecule has 0 spiro atoms. The molecule has 0 aliphatic carbocycles. The van der Waals surface area contributed by atoms with E-state index >= 15 is 0 Å². The summed E-state index contributed by atoms with van der Waals surface area (Å²) >= 11 is -1.45. The van der Waals surface area contributed by atoms with Gasteiger partial charge in [0.15, 0.2) is 0 Å². The van der Waals surface area contributed by atoms with Crippen LogP contribution < -0.4 is 5.32 Å². The molecular weight excluding hydrogens is 333 g/mol. The van der Waals surface area contributed by atoms with Gasteiger partial charge >= 0.3 is 131 Å². The molecule has 0 bridgehead atoms. The van der Waals surface area contributed by atoms with Crippen molar-refractivity contribution in [1.29, 1.82) is 0 Å². The van der Waals surface area contributed by atoms with Gasteiger partial charge in [-0.15, -0.1) is 0 Å². The molecule has 1 N–H and O–H groups in total. The van der Waals surface area contributed by atoms with E-state index in [9.17, 15) is 0 Å². The Bertz CT molecular complexity index is 191. The van der Waals surface area contributed by atoms with Gasteiger partial charge in [-0.05, 0) is 0 Å². The number of unbranched alkanes of at least 4 members (excludes halogenated alkanes) is 2. The van der Waals surface area contributed by atoms with Crippen molar-refractivity contribution in [2.24, 2.45) is 11.8 Å². The summed E-state index contributed by atoms with van der Waals surface area (Å²) in [6, 6.07) is 0.658. The summed E-state index contributed by atoms with van der Waals surface area (Å²) in [5, 5.41) is 3.94. The standard InChI is InChI=1S/C9H20N.2C4H9.In/c1-4-5-6-7-8-10-9(2)3;2*1-4(2)3;/h8-10H,4-7H2,1-3H3;2*4H,1H2,2-3H3;. The molecule has 1 nitrogen and oxygen atoms in total. The second kappa shape index (κ2) is 11.5. The first-order chi connectivity index (χ1) is 8.86. The van der Waals surface area contributed by atoms with Crippen molar-refractivity contribution in [2.45, 2.75) is 92.3 Å². The topological polar surface area (TPSA) is 12.0 Å². The van der Waals surface area contributed by atoms with Crippen molar-refractivity contribution < 1.29 is 0 Å². The molecule has 0 fully saturated rings. The molecule has 1 unspecified atom stereocenters. The van der Waals surface area contributed by atoms with Crippen LogP contribution in [0.4, 0.5) is 0 Å². The molecule has 0 aromatic rings. The van der Waals surface area contributed by atoms with Crippen LogP contribution in [0, 0.1) is 11.8 Å². The fourth-order valence-corrected chi connectivity index (χ4v) is 16.4. The van der Waals surface area contributed by atoms with E-state index in [0.29, 0.717) is 6.04 Å². The molecule has 19 heavy (non-hydrogen) atoms. The van der Waals surface area contributed by atoms with Crippen LogP contribution >= 0.6 is 0 Å². The van der Waals surface area contributed by atoms with Crippen LogP contribution in [0.3, 0.4) is 0 Å². The average Bonchev–Trinajstić information content (AvgIpc) is 2.25. The molecule has 0 aliphatic heterocycles. The SMILES string of the molecule is CCCCC[CH](NC(C)C)[In]([CH2]C(C)C)[CH2]C(C)C. The van der Waals surface area contributed by atoms with E-state index in [0.717, 1.165) is 15.6 Å². The average molecular weight is 371 g/mol. The molecule has 0 saturated carbocycles. The number of hydrogen-bond donors (Lipinski definition) is 1. The zero-order valence-electron chi connectivity index (χ0n) is 14.6. The van der Waals surface area contributed by atoms with E-state index in [1.165, 1.54) is 25.7 Å².